The summed E-state index contributed by atoms with van der Waals surface area (Å²) in [7, 11) is 0. The first kappa shape index (κ1) is 20.1. The van der Waals surface area contributed by atoms with E-state index in [1.165, 1.54) is 12.8 Å². The first-order valence-electron chi connectivity index (χ1n) is 10.9. The Hall–Kier alpha value is -2.18. The molecule has 0 aliphatic carbocycles. The summed E-state index contributed by atoms with van der Waals surface area (Å²) in [6.45, 7) is 10.6. The van der Waals surface area contributed by atoms with Crippen molar-refractivity contribution in [2.45, 2.75) is 45.2 Å². The second kappa shape index (κ2) is 9.09. The van der Waals surface area contributed by atoms with Gasteiger partial charge in [0.2, 0.25) is 5.91 Å². The van der Waals surface area contributed by atoms with Crippen LogP contribution in [0.2, 0.25) is 0 Å². The third kappa shape index (κ3) is 4.87. The van der Waals surface area contributed by atoms with Crippen molar-refractivity contribution in [3.8, 4) is 5.69 Å². The normalized spacial score (nSPS) is 23.6. The van der Waals surface area contributed by atoms with Gasteiger partial charge in [-0.25, -0.2) is 4.68 Å². The fourth-order valence-corrected chi connectivity index (χ4v) is 4.63. The molecule has 2 aliphatic heterocycles. The summed E-state index contributed by atoms with van der Waals surface area (Å²) in [4.78, 5) is 19.9. The second-order valence-corrected chi connectivity index (χ2v) is 8.54. The van der Waals surface area contributed by atoms with E-state index in [-0.39, 0.29) is 5.91 Å². The van der Waals surface area contributed by atoms with Crippen LogP contribution in [0.15, 0.2) is 42.7 Å². The zero-order valence-corrected chi connectivity index (χ0v) is 17.7. The molecule has 6 heteroatoms. The number of hydrogen-bond donors (Lipinski definition) is 0. The van der Waals surface area contributed by atoms with Crippen molar-refractivity contribution in [3.63, 3.8) is 0 Å². The van der Waals surface area contributed by atoms with Crippen molar-refractivity contribution in [2.24, 2.45) is 0 Å². The summed E-state index contributed by atoms with van der Waals surface area (Å²) in [6, 6.07) is 11.4. The number of piperazine rings is 1. The molecule has 2 saturated heterocycles. The lowest BCUT2D eigenvalue weighted by atomic mass is 10.2. The Morgan fingerprint density at radius 3 is 2.38 bits per heavy atom. The van der Waals surface area contributed by atoms with Crippen LogP contribution < -0.4 is 0 Å². The smallest absolute Gasteiger partial charge is 0.227 e. The first-order chi connectivity index (χ1) is 14.1. The molecular weight excluding hydrogens is 362 g/mol. The highest BCUT2D eigenvalue weighted by atomic mass is 16.2. The lowest BCUT2D eigenvalue weighted by Gasteiger charge is -2.36. The van der Waals surface area contributed by atoms with E-state index >= 15 is 0 Å². The molecule has 156 valence electrons. The Balaban J connectivity index is 1.23. The van der Waals surface area contributed by atoms with Crippen molar-refractivity contribution >= 4 is 5.91 Å². The third-order valence-corrected chi connectivity index (χ3v) is 6.55. The summed E-state index contributed by atoms with van der Waals surface area (Å²) in [5.74, 6) is 0.207. The zero-order chi connectivity index (χ0) is 20.2. The molecule has 1 amide bonds. The van der Waals surface area contributed by atoms with E-state index in [0.29, 0.717) is 18.5 Å². The molecule has 2 fully saturated rings. The van der Waals surface area contributed by atoms with Crippen LogP contribution in [0.25, 0.3) is 5.69 Å². The lowest BCUT2D eigenvalue weighted by Crippen LogP contribution is -2.51. The predicted octanol–water partition coefficient (Wildman–Crippen LogP) is 2.43. The Kier molecular flexibility index (Phi) is 6.31. The number of amides is 1. The van der Waals surface area contributed by atoms with Gasteiger partial charge in [0.25, 0.3) is 0 Å². The Morgan fingerprint density at radius 2 is 1.69 bits per heavy atom. The average Bonchev–Trinajstić information content (AvgIpc) is 3.34. The van der Waals surface area contributed by atoms with E-state index in [1.807, 2.05) is 46.1 Å². The Bertz CT molecular complexity index is 787. The van der Waals surface area contributed by atoms with Gasteiger partial charge in [0.15, 0.2) is 0 Å². The van der Waals surface area contributed by atoms with Gasteiger partial charge in [0, 0.05) is 57.5 Å². The van der Waals surface area contributed by atoms with Gasteiger partial charge in [0.1, 0.15) is 0 Å². The van der Waals surface area contributed by atoms with Gasteiger partial charge >= 0.3 is 0 Å². The average molecular weight is 396 g/mol. The number of aromatic nitrogens is 2. The number of likely N-dealkylation sites (tertiary alicyclic amines) is 1. The van der Waals surface area contributed by atoms with Crippen LogP contribution in [0.5, 0.6) is 0 Å². The van der Waals surface area contributed by atoms with Gasteiger partial charge in [-0.05, 0) is 44.4 Å². The van der Waals surface area contributed by atoms with Crippen LogP contribution in [-0.4, -0.2) is 81.7 Å². The van der Waals surface area contributed by atoms with E-state index in [2.05, 4.69) is 28.7 Å². The minimum atomic E-state index is 0.207. The number of carbonyl (C=O) groups is 1. The summed E-state index contributed by atoms with van der Waals surface area (Å²) in [5, 5.41) is 4.40. The Labute approximate surface area is 174 Å². The molecule has 3 heterocycles. The molecule has 0 bridgehead atoms. The van der Waals surface area contributed by atoms with Gasteiger partial charge in [-0.3, -0.25) is 14.6 Å². The molecule has 29 heavy (non-hydrogen) atoms. The fourth-order valence-electron chi connectivity index (χ4n) is 4.63. The van der Waals surface area contributed by atoms with E-state index in [0.717, 1.165) is 50.5 Å². The van der Waals surface area contributed by atoms with Gasteiger partial charge in [-0.2, -0.15) is 5.10 Å². The third-order valence-electron chi connectivity index (χ3n) is 6.55. The van der Waals surface area contributed by atoms with Crippen LogP contribution in [0, 0.1) is 0 Å². The first-order valence-corrected chi connectivity index (χ1v) is 10.9. The van der Waals surface area contributed by atoms with Crippen molar-refractivity contribution < 1.29 is 4.79 Å². The molecule has 2 aromatic rings. The highest BCUT2D eigenvalue weighted by Crippen LogP contribution is 2.23. The molecular formula is C23H33N5O. The van der Waals surface area contributed by atoms with Crippen molar-refractivity contribution in [3.05, 3.63) is 48.3 Å². The SMILES string of the molecule is CC1CCC(C)N1CCN1CCN(C(=O)Cc2cnn(-c3ccccc3)c2)CC1. The van der Waals surface area contributed by atoms with E-state index in [1.54, 1.807) is 6.20 Å². The van der Waals surface area contributed by atoms with Gasteiger partial charge in [-0.1, -0.05) is 18.2 Å². The van der Waals surface area contributed by atoms with Crippen LogP contribution in [0.1, 0.15) is 32.3 Å². The Morgan fingerprint density at radius 1 is 1.00 bits per heavy atom. The largest absolute Gasteiger partial charge is 0.340 e. The molecule has 4 rings (SSSR count). The number of rotatable bonds is 6. The predicted molar refractivity (Wildman–Crippen MR) is 115 cm³/mol. The van der Waals surface area contributed by atoms with E-state index in [4.69, 9.17) is 0 Å². The van der Waals surface area contributed by atoms with Gasteiger partial charge in [-0.15, -0.1) is 0 Å². The molecule has 1 aromatic carbocycles. The van der Waals surface area contributed by atoms with Gasteiger partial charge < -0.3 is 4.90 Å². The summed E-state index contributed by atoms with van der Waals surface area (Å²) < 4.78 is 1.83. The maximum atomic E-state index is 12.7. The van der Waals surface area contributed by atoms with Crippen LogP contribution in [0.4, 0.5) is 0 Å². The molecule has 0 radical (unpaired) electrons. The number of hydrogen-bond acceptors (Lipinski definition) is 4. The second-order valence-electron chi connectivity index (χ2n) is 8.54. The highest BCUT2D eigenvalue weighted by molar-refractivity contribution is 5.78. The van der Waals surface area contributed by atoms with Gasteiger partial charge in [0.05, 0.1) is 18.3 Å². The lowest BCUT2D eigenvalue weighted by molar-refractivity contribution is -0.132. The summed E-state index contributed by atoms with van der Waals surface area (Å²) >= 11 is 0. The summed E-state index contributed by atoms with van der Waals surface area (Å²) in [5.41, 5.74) is 1.99. The maximum Gasteiger partial charge on any atom is 0.227 e. The van der Waals surface area contributed by atoms with Crippen LogP contribution >= 0.6 is 0 Å². The topological polar surface area (TPSA) is 44.6 Å². The van der Waals surface area contributed by atoms with E-state index in [9.17, 15) is 4.79 Å². The monoisotopic (exact) mass is 395 g/mol. The zero-order valence-electron chi connectivity index (χ0n) is 17.7. The standard InChI is InChI=1S/C23H33N5O/c1-19-8-9-20(2)27(19)15-12-25-10-13-26(14-11-25)23(29)16-21-17-24-28(18-21)22-6-4-3-5-7-22/h3-7,17-20H,8-16H2,1-2H3. The molecule has 6 nitrogen and oxygen atoms in total. The number of nitrogens with zero attached hydrogens (tertiary/aromatic N) is 5. The minimum absolute atomic E-state index is 0.207. The minimum Gasteiger partial charge on any atom is -0.340 e. The van der Waals surface area contributed by atoms with E-state index < -0.39 is 0 Å². The quantitative estimate of drug-likeness (QED) is 0.754. The van der Waals surface area contributed by atoms with Crippen molar-refractivity contribution in [1.29, 1.82) is 0 Å². The molecule has 2 aliphatic rings. The maximum absolute atomic E-state index is 12.7. The molecule has 0 spiro atoms. The molecule has 0 N–H and O–H groups in total. The fraction of sp³-hybridized carbons (Fsp3) is 0.565. The number of para-hydroxylation sites is 1. The van der Waals surface area contributed by atoms with Crippen LogP contribution in [0.3, 0.4) is 0 Å². The number of carbonyl (C=O) groups excluding carboxylic acids is 1. The van der Waals surface area contributed by atoms with Crippen molar-refractivity contribution in [2.75, 3.05) is 39.3 Å². The molecule has 2 atom stereocenters. The molecule has 2 unspecified atom stereocenters. The molecule has 0 saturated carbocycles. The van der Waals surface area contributed by atoms with Crippen molar-refractivity contribution in [1.82, 2.24) is 24.5 Å². The highest BCUT2D eigenvalue weighted by Gasteiger charge is 2.28. The van der Waals surface area contributed by atoms with Crippen LogP contribution in [-0.2, 0) is 11.2 Å². The number of benzene rings is 1. The molecule has 1 aromatic heterocycles. The summed E-state index contributed by atoms with van der Waals surface area (Å²) in [6.07, 6.45) is 6.84.